The molecule has 0 fully saturated rings. The molecular formula is C13H14N2O3S2. The second kappa shape index (κ2) is 5.80. The third-order valence-corrected chi connectivity index (χ3v) is 5.04. The Kier molecular flexibility index (Phi) is 4.29. The van der Waals surface area contributed by atoms with Gasteiger partial charge in [0.1, 0.15) is 0 Å². The highest BCUT2D eigenvalue weighted by Gasteiger charge is 2.15. The van der Waals surface area contributed by atoms with Crippen molar-refractivity contribution in [3.63, 3.8) is 0 Å². The average Bonchev–Trinajstić information content (AvgIpc) is 2.89. The number of sulfone groups is 1. The number of nitrogens with zero attached hydrogens (tertiary/aromatic N) is 2. The van der Waals surface area contributed by atoms with Crippen molar-refractivity contribution in [3.05, 3.63) is 29.8 Å². The van der Waals surface area contributed by atoms with Crippen LogP contribution >= 0.6 is 11.5 Å². The summed E-state index contributed by atoms with van der Waals surface area (Å²) in [6.45, 7) is 1.96. The van der Waals surface area contributed by atoms with Crippen molar-refractivity contribution in [2.45, 2.75) is 24.1 Å². The minimum Gasteiger partial charge on any atom is -0.294 e. The van der Waals surface area contributed by atoms with Crippen LogP contribution in [0.4, 0.5) is 0 Å². The van der Waals surface area contributed by atoms with E-state index in [0.29, 0.717) is 23.4 Å². The van der Waals surface area contributed by atoms with E-state index in [4.69, 9.17) is 0 Å². The van der Waals surface area contributed by atoms with Crippen LogP contribution in [0.5, 0.6) is 0 Å². The fourth-order valence-corrected chi connectivity index (χ4v) is 3.00. The molecular weight excluding hydrogens is 296 g/mol. The monoisotopic (exact) mass is 310 g/mol. The van der Waals surface area contributed by atoms with Gasteiger partial charge in [-0.3, -0.25) is 4.79 Å². The zero-order chi connectivity index (χ0) is 14.8. The first-order valence-corrected chi connectivity index (χ1v) is 8.75. The molecule has 0 aliphatic heterocycles. The average molecular weight is 310 g/mol. The summed E-state index contributed by atoms with van der Waals surface area (Å²) in [5.74, 6) is 0.465. The topological polar surface area (TPSA) is 77.0 Å². The smallest absolute Gasteiger partial charge is 0.228 e. The summed E-state index contributed by atoms with van der Waals surface area (Å²) in [5, 5.41) is 0. The quantitative estimate of drug-likeness (QED) is 0.793. The van der Waals surface area contributed by atoms with Gasteiger partial charge in [-0.25, -0.2) is 13.4 Å². The molecule has 0 saturated heterocycles. The van der Waals surface area contributed by atoms with Crippen LogP contribution in [0, 0.1) is 0 Å². The molecule has 0 aliphatic rings. The molecule has 1 aromatic carbocycles. The number of carbonyl (C=O) groups is 1. The van der Waals surface area contributed by atoms with Crippen LogP contribution in [0.1, 0.15) is 30.1 Å². The van der Waals surface area contributed by atoms with Gasteiger partial charge < -0.3 is 0 Å². The first-order valence-electron chi connectivity index (χ1n) is 6.09. The van der Waals surface area contributed by atoms with Gasteiger partial charge in [0.15, 0.2) is 11.6 Å². The van der Waals surface area contributed by atoms with Crippen molar-refractivity contribution < 1.29 is 13.2 Å². The summed E-state index contributed by atoms with van der Waals surface area (Å²) in [6.07, 6.45) is 2.43. The summed E-state index contributed by atoms with van der Waals surface area (Å²) in [4.78, 5) is 15.7. The molecule has 106 valence electrons. The maximum absolute atomic E-state index is 11.7. The Bertz CT molecular complexity index is 718. The van der Waals surface area contributed by atoms with E-state index in [1.165, 1.54) is 0 Å². The van der Waals surface area contributed by atoms with Crippen molar-refractivity contribution in [3.8, 4) is 11.4 Å². The van der Waals surface area contributed by atoms with E-state index in [1.807, 2.05) is 6.92 Å². The molecule has 20 heavy (non-hydrogen) atoms. The van der Waals surface area contributed by atoms with Crippen LogP contribution in [0.15, 0.2) is 28.6 Å². The zero-order valence-electron chi connectivity index (χ0n) is 11.2. The molecule has 0 N–H and O–H groups in total. The number of benzene rings is 1. The van der Waals surface area contributed by atoms with Gasteiger partial charge in [0.25, 0.3) is 0 Å². The van der Waals surface area contributed by atoms with Gasteiger partial charge in [0.05, 0.1) is 0 Å². The fourth-order valence-electron chi connectivity index (χ4n) is 1.65. The third kappa shape index (κ3) is 3.29. The van der Waals surface area contributed by atoms with Gasteiger partial charge in [-0.15, -0.1) is 0 Å². The Hall–Kier alpha value is -1.60. The maximum atomic E-state index is 11.7. The zero-order valence-corrected chi connectivity index (χ0v) is 12.8. The molecule has 2 aromatic rings. The molecule has 0 amide bonds. The van der Waals surface area contributed by atoms with Crippen molar-refractivity contribution in [2.24, 2.45) is 0 Å². The van der Waals surface area contributed by atoms with Gasteiger partial charge in [-0.2, -0.15) is 4.37 Å². The first kappa shape index (κ1) is 14.8. The van der Waals surface area contributed by atoms with E-state index < -0.39 is 9.84 Å². The lowest BCUT2D eigenvalue weighted by Gasteiger charge is -2.00. The highest BCUT2D eigenvalue weighted by molar-refractivity contribution is 7.92. The van der Waals surface area contributed by atoms with Crippen molar-refractivity contribution in [1.29, 1.82) is 0 Å². The first-order chi connectivity index (χ1) is 9.41. The molecule has 1 aromatic heterocycles. The predicted molar refractivity (Wildman–Crippen MR) is 77.7 cm³/mol. The highest BCUT2D eigenvalue weighted by atomic mass is 32.2. The molecule has 0 spiro atoms. The molecule has 0 aliphatic carbocycles. The number of hydrogen-bond donors (Lipinski definition) is 0. The van der Waals surface area contributed by atoms with Crippen molar-refractivity contribution in [2.75, 3.05) is 6.26 Å². The summed E-state index contributed by atoms with van der Waals surface area (Å²) >= 11 is 0.854. The second-order valence-corrected chi connectivity index (χ2v) is 7.35. The largest absolute Gasteiger partial charge is 0.294 e. The van der Waals surface area contributed by atoms with E-state index >= 15 is 0 Å². The van der Waals surface area contributed by atoms with Crippen molar-refractivity contribution >= 4 is 27.2 Å². The second-order valence-electron chi connectivity index (χ2n) is 4.41. The number of Topliss-reactive ketones (excluding diaryl/α,β-unsaturated/α-hetero) is 1. The van der Waals surface area contributed by atoms with Crippen LogP contribution in [-0.4, -0.2) is 29.8 Å². The fraction of sp³-hybridized carbons (Fsp3) is 0.308. The molecule has 0 atom stereocenters. The van der Waals surface area contributed by atoms with E-state index in [9.17, 15) is 13.2 Å². The molecule has 0 radical (unpaired) electrons. The van der Waals surface area contributed by atoms with E-state index in [-0.39, 0.29) is 10.1 Å². The standard InChI is InChI=1S/C13H14N2O3S2/c1-3-4-11(16)9-5-7-10(8-6-9)12-14-13(19-15-12)20(2,17)18/h5-8H,3-4H2,1-2H3. The molecule has 5 nitrogen and oxygen atoms in total. The molecule has 2 rings (SSSR count). The molecule has 7 heteroatoms. The lowest BCUT2D eigenvalue weighted by Crippen LogP contribution is -1.98. The SMILES string of the molecule is CCCC(=O)c1ccc(-c2nsc(S(C)(=O)=O)n2)cc1. The van der Waals surface area contributed by atoms with Gasteiger partial charge in [0, 0.05) is 23.8 Å². The summed E-state index contributed by atoms with van der Waals surface area (Å²) in [6, 6.07) is 6.90. The van der Waals surface area contributed by atoms with E-state index in [1.54, 1.807) is 24.3 Å². The highest BCUT2D eigenvalue weighted by Crippen LogP contribution is 2.21. The predicted octanol–water partition coefficient (Wildman–Crippen LogP) is 2.59. The van der Waals surface area contributed by atoms with Crippen LogP contribution < -0.4 is 0 Å². The maximum Gasteiger partial charge on any atom is 0.228 e. The van der Waals surface area contributed by atoms with Crippen LogP contribution in [0.3, 0.4) is 0 Å². The molecule has 0 saturated carbocycles. The van der Waals surface area contributed by atoms with Crippen LogP contribution in [-0.2, 0) is 9.84 Å². The minimum absolute atomic E-state index is 0.00126. The Morgan fingerprint density at radius 1 is 1.25 bits per heavy atom. The third-order valence-electron chi connectivity index (χ3n) is 2.67. The van der Waals surface area contributed by atoms with E-state index in [0.717, 1.165) is 24.2 Å². The minimum atomic E-state index is -3.33. The summed E-state index contributed by atoms with van der Waals surface area (Å²) in [7, 11) is -3.33. The van der Waals surface area contributed by atoms with Gasteiger partial charge >= 0.3 is 0 Å². The number of hydrogen-bond acceptors (Lipinski definition) is 6. The lowest BCUT2D eigenvalue weighted by atomic mass is 10.1. The van der Waals surface area contributed by atoms with E-state index in [2.05, 4.69) is 9.36 Å². The number of carbonyl (C=O) groups excluding carboxylic acids is 1. The molecule has 0 bridgehead atoms. The molecule has 1 heterocycles. The number of ketones is 1. The molecule has 0 unspecified atom stereocenters. The van der Waals surface area contributed by atoms with Gasteiger partial charge in [0.2, 0.25) is 14.2 Å². The Balaban J connectivity index is 2.26. The van der Waals surface area contributed by atoms with Crippen molar-refractivity contribution in [1.82, 2.24) is 9.36 Å². The Morgan fingerprint density at radius 2 is 1.90 bits per heavy atom. The van der Waals surface area contributed by atoms with Gasteiger partial charge in [-0.1, -0.05) is 31.2 Å². The Labute approximate surface area is 121 Å². The normalized spacial score (nSPS) is 11.5. The summed E-state index contributed by atoms with van der Waals surface area (Å²) < 4.78 is 26.7. The lowest BCUT2D eigenvalue weighted by molar-refractivity contribution is 0.0982. The number of rotatable bonds is 5. The summed E-state index contributed by atoms with van der Waals surface area (Å²) in [5.41, 5.74) is 1.35. The number of aromatic nitrogens is 2. The Morgan fingerprint density at radius 3 is 2.40 bits per heavy atom. The van der Waals surface area contributed by atoms with Crippen LogP contribution in [0.25, 0.3) is 11.4 Å². The van der Waals surface area contributed by atoms with Crippen LogP contribution in [0.2, 0.25) is 0 Å². The van der Waals surface area contributed by atoms with Gasteiger partial charge in [-0.05, 0) is 18.0 Å².